The standard InChI is InChI=1S/C21H23FN2O3S/c22-17-4-2-1-3-15(17)11-18-20(26)24(21(27)28-18)8-7-23-19(25)12-16-10-13-5-6-14(16)9-13/h1-4,11,13-14,16H,5-10,12H2,(H,23,25). The van der Waals surface area contributed by atoms with Gasteiger partial charge in [0, 0.05) is 25.1 Å². The first-order chi connectivity index (χ1) is 13.5. The molecule has 7 heteroatoms. The summed E-state index contributed by atoms with van der Waals surface area (Å²) in [7, 11) is 0. The van der Waals surface area contributed by atoms with E-state index in [9.17, 15) is 18.8 Å². The number of amides is 3. The van der Waals surface area contributed by atoms with Gasteiger partial charge in [-0.2, -0.15) is 0 Å². The van der Waals surface area contributed by atoms with Crippen LogP contribution in [0.1, 0.15) is 37.7 Å². The monoisotopic (exact) mass is 402 g/mol. The summed E-state index contributed by atoms with van der Waals surface area (Å²) in [4.78, 5) is 38.1. The van der Waals surface area contributed by atoms with E-state index in [4.69, 9.17) is 0 Å². The smallest absolute Gasteiger partial charge is 0.293 e. The van der Waals surface area contributed by atoms with Crippen molar-refractivity contribution in [1.82, 2.24) is 10.2 Å². The first kappa shape index (κ1) is 19.2. The van der Waals surface area contributed by atoms with Gasteiger partial charge in [-0.1, -0.05) is 24.6 Å². The Bertz CT molecular complexity index is 841. The van der Waals surface area contributed by atoms with Crippen LogP contribution in [-0.4, -0.2) is 35.0 Å². The van der Waals surface area contributed by atoms with Gasteiger partial charge in [0.05, 0.1) is 4.91 Å². The van der Waals surface area contributed by atoms with Crippen LogP contribution in [0.2, 0.25) is 0 Å². The summed E-state index contributed by atoms with van der Waals surface area (Å²) in [6, 6.07) is 6.10. The Labute approximate surface area is 167 Å². The molecule has 1 N–H and O–H groups in total. The molecule has 0 aromatic heterocycles. The number of thioether (sulfide) groups is 1. The molecular weight excluding hydrogens is 379 g/mol. The Morgan fingerprint density at radius 3 is 2.79 bits per heavy atom. The number of hydrogen-bond acceptors (Lipinski definition) is 4. The van der Waals surface area contributed by atoms with E-state index < -0.39 is 17.0 Å². The van der Waals surface area contributed by atoms with Crippen LogP contribution in [-0.2, 0) is 9.59 Å². The van der Waals surface area contributed by atoms with Gasteiger partial charge >= 0.3 is 0 Å². The molecule has 0 radical (unpaired) electrons. The van der Waals surface area contributed by atoms with Gasteiger partial charge in [-0.15, -0.1) is 0 Å². The van der Waals surface area contributed by atoms with E-state index in [2.05, 4.69) is 5.32 Å². The number of halogens is 1. The van der Waals surface area contributed by atoms with Crippen molar-refractivity contribution in [3.8, 4) is 0 Å². The van der Waals surface area contributed by atoms with Crippen molar-refractivity contribution >= 4 is 34.9 Å². The summed E-state index contributed by atoms with van der Waals surface area (Å²) in [5, 5.41) is 2.44. The van der Waals surface area contributed by atoms with Gasteiger partial charge in [0.2, 0.25) is 5.91 Å². The molecule has 1 aromatic carbocycles. The first-order valence-corrected chi connectivity index (χ1v) is 10.6. The SMILES string of the molecule is O=C(CC1CC2CCC1C2)NCCN1C(=O)SC(=Cc2ccccc2F)C1=O. The van der Waals surface area contributed by atoms with Crippen LogP contribution in [0.15, 0.2) is 29.2 Å². The van der Waals surface area contributed by atoms with Crippen molar-refractivity contribution in [3.05, 3.63) is 40.6 Å². The van der Waals surface area contributed by atoms with Gasteiger partial charge in [0.25, 0.3) is 11.1 Å². The topological polar surface area (TPSA) is 66.5 Å². The molecule has 3 amide bonds. The molecule has 5 nitrogen and oxygen atoms in total. The highest BCUT2D eigenvalue weighted by Crippen LogP contribution is 2.49. The number of imide groups is 1. The molecule has 1 saturated heterocycles. The molecule has 2 aliphatic carbocycles. The highest BCUT2D eigenvalue weighted by molar-refractivity contribution is 8.18. The number of carbonyl (C=O) groups is 3. The maximum absolute atomic E-state index is 13.8. The van der Waals surface area contributed by atoms with Crippen LogP contribution in [0, 0.1) is 23.6 Å². The van der Waals surface area contributed by atoms with Crippen LogP contribution < -0.4 is 5.32 Å². The van der Waals surface area contributed by atoms with Gasteiger partial charge in [-0.3, -0.25) is 19.3 Å². The Hall–Kier alpha value is -2.15. The van der Waals surface area contributed by atoms with Gasteiger partial charge in [-0.25, -0.2) is 4.39 Å². The second-order valence-corrected chi connectivity index (χ2v) is 8.84. The van der Waals surface area contributed by atoms with E-state index in [0.29, 0.717) is 18.3 Å². The molecule has 1 heterocycles. The minimum absolute atomic E-state index is 0.00794. The molecule has 3 unspecified atom stereocenters. The molecule has 3 fully saturated rings. The van der Waals surface area contributed by atoms with Crippen molar-refractivity contribution in [2.24, 2.45) is 17.8 Å². The Morgan fingerprint density at radius 1 is 1.25 bits per heavy atom. The molecule has 1 aliphatic heterocycles. The molecule has 4 rings (SSSR count). The van der Waals surface area contributed by atoms with Gasteiger partial charge in [0.15, 0.2) is 0 Å². The molecule has 2 bridgehead atoms. The number of nitrogens with one attached hydrogen (secondary N) is 1. The molecule has 2 saturated carbocycles. The van der Waals surface area contributed by atoms with Crippen LogP contribution >= 0.6 is 11.8 Å². The minimum atomic E-state index is -0.444. The van der Waals surface area contributed by atoms with E-state index in [1.807, 2.05) is 0 Å². The van der Waals surface area contributed by atoms with E-state index in [-0.39, 0.29) is 29.5 Å². The average Bonchev–Trinajstić information content (AvgIpc) is 3.34. The third kappa shape index (κ3) is 3.99. The van der Waals surface area contributed by atoms with Crippen molar-refractivity contribution in [1.29, 1.82) is 0 Å². The second-order valence-electron chi connectivity index (χ2n) is 7.84. The summed E-state index contributed by atoms with van der Waals surface area (Å²) in [5.74, 6) is 1.09. The summed E-state index contributed by atoms with van der Waals surface area (Å²) in [6.07, 6.45) is 6.91. The fourth-order valence-corrected chi connectivity index (χ4v) is 5.53. The lowest BCUT2D eigenvalue weighted by molar-refractivity contribution is -0.124. The largest absolute Gasteiger partial charge is 0.354 e. The van der Waals surface area contributed by atoms with Gasteiger partial charge < -0.3 is 5.32 Å². The normalized spacial score (nSPS) is 27.8. The summed E-state index contributed by atoms with van der Waals surface area (Å²) in [6.45, 7) is 0.367. The zero-order valence-electron chi connectivity index (χ0n) is 15.5. The number of nitrogens with zero attached hydrogens (tertiary/aromatic N) is 1. The summed E-state index contributed by atoms with van der Waals surface area (Å²) in [5.41, 5.74) is 0.271. The van der Waals surface area contributed by atoms with E-state index in [1.165, 1.54) is 31.4 Å². The van der Waals surface area contributed by atoms with Crippen LogP contribution in [0.25, 0.3) is 6.08 Å². The summed E-state index contributed by atoms with van der Waals surface area (Å²) < 4.78 is 13.8. The minimum Gasteiger partial charge on any atom is -0.354 e. The first-order valence-electron chi connectivity index (χ1n) is 9.78. The van der Waals surface area contributed by atoms with Crippen molar-refractivity contribution in [3.63, 3.8) is 0 Å². The number of carbonyl (C=O) groups excluding carboxylic acids is 3. The molecule has 1 aromatic rings. The maximum atomic E-state index is 13.8. The van der Waals surface area contributed by atoms with Crippen molar-refractivity contribution in [2.75, 3.05) is 13.1 Å². The third-order valence-electron chi connectivity index (χ3n) is 6.06. The lowest BCUT2D eigenvalue weighted by atomic mass is 9.86. The Balaban J connectivity index is 1.28. The van der Waals surface area contributed by atoms with Gasteiger partial charge in [-0.05, 0) is 60.9 Å². The Morgan fingerprint density at radius 2 is 2.07 bits per heavy atom. The predicted octanol–water partition coefficient (Wildman–Crippen LogP) is 3.80. The fraction of sp³-hybridized carbons (Fsp3) is 0.476. The fourth-order valence-electron chi connectivity index (χ4n) is 4.67. The van der Waals surface area contributed by atoms with Crippen molar-refractivity contribution in [2.45, 2.75) is 32.1 Å². The number of fused-ring (bicyclic) bond motifs is 2. The lowest BCUT2D eigenvalue weighted by Crippen LogP contribution is -2.38. The molecule has 3 aliphatic rings. The average molecular weight is 402 g/mol. The number of hydrogen-bond donors (Lipinski definition) is 1. The second kappa shape index (κ2) is 8.07. The molecule has 0 spiro atoms. The van der Waals surface area contributed by atoms with Crippen LogP contribution in [0.5, 0.6) is 0 Å². The molecule has 148 valence electrons. The van der Waals surface area contributed by atoms with Gasteiger partial charge in [0.1, 0.15) is 5.82 Å². The molecule has 28 heavy (non-hydrogen) atoms. The van der Waals surface area contributed by atoms with Crippen LogP contribution in [0.4, 0.5) is 9.18 Å². The molecular formula is C21H23FN2O3S. The van der Waals surface area contributed by atoms with E-state index in [0.717, 1.165) is 29.0 Å². The predicted molar refractivity (Wildman–Crippen MR) is 106 cm³/mol. The zero-order valence-corrected chi connectivity index (χ0v) is 16.3. The highest BCUT2D eigenvalue weighted by atomic mass is 32.2. The Kier molecular flexibility index (Phi) is 5.53. The van der Waals surface area contributed by atoms with E-state index in [1.54, 1.807) is 18.2 Å². The zero-order chi connectivity index (χ0) is 19.7. The summed E-state index contributed by atoms with van der Waals surface area (Å²) >= 11 is 0.798. The highest BCUT2D eigenvalue weighted by Gasteiger charge is 2.40. The number of rotatable bonds is 6. The quantitative estimate of drug-likeness (QED) is 0.735. The van der Waals surface area contributed by atoms with E-state index >= 15 is 0 Å². The van der Waals surface area contributed by atoms with Crippen molar-refractivity contribution < 1.29 is 18.8 Å². The number of benzene rings is 1. The van der Waals surface area contributed by atoms with Crippen LogP contribution in [0.3, 0.4) is 0 Å². The molecule has 3 atom stereocenters. The lowest BCUT2D eigenvalue weighted by Gasteiger charge is -2.21. The third-order valence-corrected chi connectivity index (χ3v) is 6.96. The maximum Gasteiger partial charge on any atom is 0.293 e.